The molecule has 0 aliphatic rings. The van der Waals surface area contributed by atoms with Gasteiger partial charge in [-0.15, -0.1) is 0 Å². The molecule has 0 radical (unpaired) electrons. The number of pyridine rings is 1. The van der Waals surface area contributed by atoms with Gasteiger partial charge in [0.2, 0.25) is 0 Å². The van der Waals surface area contributed by atoms with Crippen LogP contribution < -0.4 is 5.73 Å². The molecule has 21 heavy (non-hydrogen) atoms. The van der Waals surface area contributed by atoms with E-state index < -0.39 is 0 Å². The van der Waals surface area contributed by atoms with Gasteiger partial charge in [-0.1, -0.05) is 23.2 Å². The molecule has 6 heteroatoms. The van der Waals surface area contributed by atoms with Crippen LogP contribution in [-0.4, -0.2) is 29.4 Å². The zero-order chi connectivity index (χ0) is 15.4. The van der Waals surface area contributed by atoms with Gasteiger partial charge in [-0.3, -0.25) is 9.78 Å². The van der Waals surface area contributed by atoms with E-state index in [9.17, 15) is 4.79 Å². The topological polar surface area (TPSA) is 59.2 Å². The molecule has 0 aliphatic heterocycles. The molecule has 4 nitrogen and oxygen atoms in total. The number of nitrogens with two attached hydrogens (primary N) is 1. The van der Waals surface area contributed by atoms with Crippen molar-refractivity contribution < 1.29 is 4.79 Å². The fourth-order valence-electron chi connectivity index (χ4n) is 1.90. The highest BCUT2D eigenvalue weighted by molar-refractivity contribution is 6.43. The molecule has 110 valence electrons. The predicted molar refractivity (Wildman–Crippen MR) is 85.8 cm³/mol. The minimum atomic E-state index is -0.144. The maximum absolute atomic E-state index is 12.3. The fourth-order valence-corrected chi connectivity index (χ4v) is 2.24. The molecular formula is C15H15Cl2N3O. The van der Waals surface area contributed by atoms with Crippen LogP contribution in [0.2, 0.25) is 10.0 Å². The first-order chi connectivity index (χ1) is 9.99. The smallest absolute Gasteiger partial charge is 0.253 e. The zero-order valence-corrected chi connectivity index (χ0v) is 13.0. The second-order valence-electron chi connectivity index (χ2n) is 4.69. The quantitative estimate of drug-likeness (QED) is 0.878. The number of anilines is 1. The van der Waals surface area contributed by atoms with Crippen LogP contribution in [0.3, 0.4) is 0 Å². The lowest BCUT2D eigenvalue weighted by Crippen LogP contribution is -2.29. The Kier molecular flexibility index (Phi) is 5.04. The van der Waals surface area contributed by atoms with Crippen LogP contribution in [0.4, 0.5) is 5.69 Å². The lowest BCUT2D eigenvalue weighted by molar-refractivity contribution is 0.0796. The van der Waals surface area contributed by atoms with Gasteiger partial charge in [0.15, 0.2) is 0 Å². The summed E-state index contributed by atoms with van der Waals surface area (Å²) in [6.07, 6.45) is 4.22. The number of hydrogen-bond acceptors (Lipinski definition) is 3. The number of carbonyl (C=O) groups excluding carboxylic acids is 1. The molecule has 1 heterocycles. The van der Waals surface area contributed by atoms with E-state index in [-0.39, 0.29) is 16.0 Å². The molecule has 0 fully saturated rings. The Labute approximate surface area is 133 Å². The Morgan fingerprint density at radius 1 is 1.29 bits per heavy atom. The van der Waals surface area contributed by atoms with Crippen molar-refractivity contribution >= 4 is 34.8 Å². The fraction of sp³-hybridized carbons (Fsp3) is 0.200. The van der Waals surface area contributed by atoms with E-state index >= 15 is 0 Å². The lowest BCUT2D eigenvalue weighted by atomic mass is 10.1. The Morgan fingerprint density at radius 2 is 1.95 bits per heavy atom. The van der Waals surface area contributed by atoms with E-state index in [1.807, 2.05) is 12.1 Å². The van der Waals surface area contributed by atoms with Crippen molar-refractivity contribution in [2.24, 2.45) is 0 Å². The number of halogens is 2. The second-order valence-corrected chi connectivity index (χ2v) is 5.48. The molecular weight excluding hydrogens is 309 g/mol. The molecule has 1 aromatic heterocycles. The summed E-state index contributed by atoms with van der Waals surface area (Å²) in [5.41, 5.74) is 7.58. The van der Waals surface area contributed by atoms with Crippen LogP contribution in [0.1, 0.15) is 15.9 Å². The average Bonchev–Trinajstić information content (AvgIpc) is 2.50. The maximum atomic E-state index is 12.3. The Morgan fingerprint density at radius 3 is 2.57 bits per heavy atom. The van der Waals surface area contributed by atoms with E-state index in [1.54, 1.807) is 30.4 Å². The SMILES string of the molecule is CN(CCc1ccncc1)C(=O)c1cc(N)c(Cl)c(Cl)c1. The standard InChI is InChI=1S/C15H15Cl2N3O/c1-20(7-4-10-2-5-19-6-3-10)15(21)11-8-12(16)14(17)13(18)9-11/h2-3,5-6,8-9H,4,7,18H2,1H3. The Balaban J connectivity index is 2.06. The molecule has 0 saturated carbocycles. The summed E-state index contributed by atoms with van der Waals surface area (Å²) in [7, 11) is 1.74. The second kappa shape index (κ2) is 6.78. The third-order valence-electron chi connectivity index (χ3n) is 3.14. The van der Waals surface area contributed by atoms with Gasteiger partial charge in [-0.2, -0.15) is 0 Å². The van der Waals surface area contributed by atoms with Crippen molar-refractivity contribution in [1.29, 1.82) is 0 Å². The highest BCUT2D eigenvalue weighted by Crippen LogP contribution is 2.29. The van der Waals surface area contributed by atoms with Crippen molar-refractivity contribution in [2.45, 2.75) is 6.42 Å². The normalized spacial score (nSPS) is 10.4. The van der Waals surface area contributed by atoms with E-state index in [0.717, 1.165) is 12.0 Å². The van der Waals surface area contributed by atoms with Gasteiger partial charge in [-0.05, 0) is 36.2 Å². The molecule has 0 aliphatic carbocycles. The summed E-state index contributed by atoms with van der Waals surface area (Å²) in [6.45, 7) is 0.586. The number of aromatic nitrogens is 1. The van der Waals surface area contributed by atoms with Gasteiger partial charge >= 0.3 is 0 Å². The number of benzene rings is 1. The number of amides is 1. The predicted octanol–water partition coefficient (Wildman–Crippen LogP) is 3.29. The monoisotopic (exact) mass is 323 g/mol. The third-order valence-corrected chi connectivity index (χ3v) is 3.95. The molecule has 0 spiro atoms. The van der Waals surface area contributed by atoms with E-state index in [2.05, 4.69) is 4.98 Å². The lowest BCUT2D eigenvalue weighted by Gasteiger charge is -2.18. The Bertz CT molecular complexity index is 624. The largest absolute Gasteiger partial charge is 0.397 e. The number of nitrogens with zero attached hydrogens (tertiary/aromatic N) is 2. The number of nitrogen functional groups attached to an aromatic ring is 1. The molecule has 0 atom stereocenters. The summed E-state index contributed by atoms with van der Waals surface area (Å²) in [4.78, 5) is 17.9. The molecule has 1 amide bonds. The van der Waals surface area contributed by atoms with Crippen LogP contribution >= 0.6 is 23.2 Å². The van der Waals surface area contributed by atoms with Crippen molar-refractivity contribution in [3.05, 3.63) is 57.8 Å². The van der Waals surface area contributed by atoms with Crippen molar-refractivity contribution in [2.75, 3.05) is 19.3 Å². The Hall–Kier alpha value is -1.78. The van der Waals surface area contributed by atoms with Gasteiger partial charge in [-0.25, -0.2) is 0 Å². The van der Waals surface area contributed by atoms with Gasteiger partial charge in [0.1, 0.15) is 0 Å². The van der Waals surface area contributed by atoms with Crippen LogP contribution in [0, 0.1) is 0 Å². The molecule has 2 rings (SSSR count). The molecule has 0 saturated heterocycles. The van der Waals surface area contributed by atoms with Crippen molar-refractivity contribution in [3.8, 4) is 0 Å². The summed E-state index contributed by atoms with van der Waals surface area (Å²) < 4.78 is 0. The number of rotatable bonds is 4. The van der Waals surface area contributed by atoms with E-state index in [0.29, 0.717) is 17.8 Å². The van der Waals surface area contributed by atoms with Gasteiger partial charge in [0.25, 0.3) is 5.91 Å². The van der Waals surface area contributed by atoms with Gasteiger partial charge in [0, 0.05) is 31.5 Å². The van der Waals surface area contributed by atoms with Gasteiger partial charge in [0.05, 0.1) is 15.7 Å². The molecule has 2 aromatic rings. The first-order valence-electron chi connectivity index (χ1n) is 6.38. The van der Waals surface area contributed by atoms with Crippen LogP contribution in [0.5, 0.6) is 0 Å². The summed E-state index contributed by atoms with van der Waals surface area (Å²) in [5, 5.41) is 0.551. The number of carbonyl (C=O) groups is 1. The average molecular weight is 324 g/mol. The van der Waals surface area contributed by atoms with Crippen LogP contribution in [-0.2, 0) is 6.42 Å². The van der Waals surface area contributed by atoms with Crippen molar-refractivity contribution in [1.82, 2.24) is 9.88 Å². The minimum absolute atomic E-state index is 0.144. The number of likely N-dealkylation sites (N-methyl/N-ethyl adjacent to an activating group) is 1. The third kappa shape index (κ3) is 3.86. The van der Waals surface area contributed by atoms with Gasteiger partial charge < -0.3 is 10.6 Å². The van der Waals surface area contributed by atoms with Crippen molar-refractivity contribution in [3.63, 3.8) is 0 Å². The highest BCUT2D eigenvalue weighted by atomic mass is 35.5. The van der Waals surface area contributed by atoms with E-state index in [4.69, 9.17) is 28.9 Å². The first-order valence-corrected chi connectivity index (χ1v) is 7.13. The summed E-state index contributed by atoms with van der Waals surface area (Å²) >= 11 is 11.8. The summed E-state index contributed by atoms with van der Waals surface area (Å²) in [6, 6.07) is 6.93. The molecule has 1 aromatic carbocycles. The highest BCUT2D eigenvalue weighted by Gasteiger charge is 2.15. The molecule has 0 unspecified atom stereocenters. The number of hydrogen-bond donors (Lipinski definition) is 1. The minimum Gasteiger partial charge on any atom is -0.397 e. The van der Waals surface area contributed by atoms with Crippen LogP contribution in [0.25, 0.3) is 0 Å². The van der Waals surface area contributed by atoms with Crippen LogP contribution in [0.15, 0.2) is 36.7 Å². The maximum Gasteiger partial charge on any atom is 0.253 e. The molecule has 2 N–H and O–H groups in total. The molecule has 0 bridgehead atoms. The first kappa shape index (κ1) is 15.6. The summed E-state index contributed by atoms with van der Waals surface area (Å²) in [5.74, 6) is -0.144. The van der Waals surface area contributed by atoms with E-state index in [1.165, 1.54) is 6.07 Å². The zero-order valence-electron chi connectivity index (χ0n) is 11.5.